The fourth-order valence-electron chi connectivity index (χ4n) is 3.25. The molecular weight excluding hydrogens is 346 g/mol. The van der Waals surface area contributed by atoms with Crippen LogP contribution in [0, 0.1) is 10.1 Å². The number of carbonyl (C=O) groups is 1. The maximum Gasteiger partial charge on any atom is 0.338 e. The van der Waals surface area contributed by atoms with Crippen LogP contribution in [0.1, 0.15) is 22.8 Å². The van der Waals surface area contributed by atoms with Crippen molar-refractivity contribution >= 4 is 17.3 Å². The summed E-state index contributed by atoms with van der Waals surface area (Å²) >= 11 is 0. The molecule has 0 amide bonds. The van der Waals surface area contributed by atoms with Gasteiger partial charge in [-0.05, 0) is 31.2 Å². The van der Waals surface area contributed by atoms with E-state index in [1.807, 2.05) is 24.3 Å². The first kappa shape index (κ1) is 18.8. The number of nitrogens with zero attached hydrogens (tertiary/aromatic N) is 3. The lowest BCUT2D eigenvalue weighted by atomic mass is 10.1. The molecule has 1 fully saturated rings. The van der Waals surface area contributed by atoms with Crippen molar-refractivity contribution in [3.8, 4) is 0 Å². The van der Waals surface area contributed by atoms with Gasteiger partial charge in [0.05, 0.1) is 17.1 Å². The van der Waals surface area contributed by atoms with Gasteiger partial charge in [-0.15, -0.1) is 0 Å². The first-order valence-electron chi connectivity index (χ1n) is 9.05. The number of carbonyl (C=O) groups excluding carboxylic acids is 1. The van der Waals surface area contributed by atoms with E-state index in [9.17, 15) is 14.9 Å². The Bertz CT molecular complexity index is 799. The van der Waals surface area contributed by atoms with Crippen molar-refractivity contribution in [2.45, 2.75) is 13.5 Å². The highest BCUT2D eigenvalue weighted by Crippen LogP contribution is 2.22. The number of para-hydroxylation sites is 1. The number of piperazine rings is 1. The molecule has 0 atom stereocenters. The van der Waals surface area contributed by atoms with E-state index in [0.29, 0.717) is 18.7 Å². The van der Waals surface area contributed by atoms with E-state index in [1.54, 1.807) is 31.2 Å². The van der Waals surface area contributed by atoms with Gasteiger partial charge in [0.1, 0.15) is 0 Å². The van der Waals surface area contributed by atoms with Crippen LogP contribution in [0.5, 0.6) is 0 Å². The molecule has 142 valence electrons. The Balaban J connectivity index is 1.58. The van der Waals surface area contributed by atoms with Crippen LogP contribution in [0.4, 0.5) is 11.4 Å². The smallest absolute Gasteiger partial charge is 0.338 e. The molecule has 0 unspecified atom stereocenters. The summed E-state index contributed by atoms with van der Waals surface area (Å²) in [6.07, 6.45) is 0. The van der Waals surface area contributed by atoms with Gasteiger partial charge in [-0.3, -0.25) is 15.0 Å². The van der Waals surface area contributed by atoms with Crippen LogP contribution in [-0.4, -0.2) is 48.6 Å². The molecule has 0 radical (unpaired) electrons. The molecule has 2 aromatic carbocycles. The standard InChI is InChI=1S/C20H23N3O4/c1-2-27-20(24)16-7-9-18(10-8-16)22-13-11-21(12-14-22)15-17-5-3-4-6-19(17)23(25)26/h3-10H,2,11-15H2,1H3. The third-order valence-electron chi connectivity index (χ3n) is 4.70. The molecule has 3 rings (SSSR count). The highest BCUT2D eigenvalue weighted by Gasteiger charge is 2.21. The second-order valence-corrected chi connectivity index (χ2v) is 6.42. The van der Waals surface area contributed by atoms with Gasteiger partial charge in [0.2, 0.25) is 0 Å². The molecule has 1 aliphatic rings. The van der Waals surface area contributed by atoms with E-state index in [4.69, 9.17) is 4.74 Å². The summed E-state index contributed by atoms with van der Waals surface area (Å²) < 4.78 is 5.00. The Hall–Kier alpha value is -2.93. The second-order valence-electron chi connectivity index (χ2n) is 6.42. The van der Waals surface area contributed by atoms with Crippen molar-refractivity contribution in [1.29, 1.82) is 0 Å². The van der Waals surface area contributed by atoms with Crippen LogP contribution in [0.15, 0.2) is 48.5 Å². The number of anilines is 1. The molecule has 0 bridgehead atoms. The van der Waals surface area contributed by atoms with Gasteiger partial charge in [-0.1, -0.05) is 18.2 Å². The van der Waals surface area contributed by atoms with E-state index >= 15 is 0 Å². The summed E-state index contributed by atoms with van der Waals surface area (Å²) in [6.45, 7) is 6.04. The molecule has 0 aliphatic carbocycles. The number of hydrogen-bond donors (Lipinski definition) is 0. The van der Waals surface area contributed by atoms with Gasteiger partial charge in [0.15, 0.2) is 0 Å². The lowest BCUT2D eigenvalue weighted by molar-refractivity contribution is -0.385. The first-order chi connectivity index (χ1) is 13.1. The van der Waals surface area contributed by atoms with Gasteiger partial charge >= 0.3 is 5.97 Å². The molecule has 1 saturated heterocycles. The molecule has 0 N–H and O–H groups in total. The summed E-state index contributed by atoms with van der Waals surface area (Å²) in [4.78, 5) is 27.1. The number of nitro benzene ring substituents is 1. The summed E-state index contributed by atoms with van der Waals surface area (Å²) in [6, 6.07) is 14.3. The molecular formula is C20H23N3O4. The van der Waals surface area contributed by atoms with Crippen LogP contribution in [0.3, 0.4) is 0 Å². The predicted octanol–water partition coefficient (Wildman–Crippen LogP) is 3.09. The van der Waals surface area contributed by atoms with E-state index in [-0.39, 0.29) is 16.6 Å². The van der Waals surface area contributed by atoms with E-state index in [2.05, 4.69) is 9.80 Å². The average Bonchev–Trinajstić information content (AvgIpc) is 2.69. The van der Waals surface area contributed by atoms with Crippen LogP contribution >= 0.6 is 0 Å². The Morgan fingerprint density at radius 3 is 2.37 bits per heavy atom. The van der Waals surface area contributed by atoms with Crippen molar-refractivity contribution in [2.24, 2.45) is 0 Å². The van der Waals surface area contributed by atoms with Crippen molar-refractivity contribution in [3.63, 3.8) is 0 Å². The zero-order chi connectivity index (χ0) is 19.2. The van der Waals surface area contributed by atoms with Gasteiger partial charge < -0.3 is 9.64 Å². The molecule has 27 heavy (non-hydrogen) atoms. The first-order valence-corrected chi connectivity index (χ1v) is 9.05. The molecule has 1 aliphatic heterocycles. The van der Waals surface area contributed by atoms with Crippen molar-refractivity contribution in [1.82, 2.24) is 4.90 Å². The fraction of sp³-hybridized carbons (Fsp3) is 0.350. The molecule has 2 aromatic rings. The number of benzene rings is 2. The van der Waals surface area contributed by atoms with E-state index < -0.39 is 0 Å². The number of esters is 1. The maximum atomic E-state index is 11.7. The number of hydrogen-bond acceptors (Lipinski definition) is 6. The average molecular weight is 369 g/mol. The van der Waals surface area contributed by atoms with Gasteiger partial charge in [-0.2, -0.15) is 0 Å². The Morgan fingerprint density at radius 2 is 1.74 bits per heavy atom. The van der Waals surface area contributed by atoms with Crippen LogP contribution in [0.25, 0.3) is 0 Å². The Labute approximate surface area is 158 Å². The van der Waals surface area contributed by atoms with Crippen molar-refractivity contribution in [2.75, 3.05) is 37.7 Å². The summed E-state index contributed by atoms with van der Waals surface area (Å²) in [5, 5.41) is 11.2. The summed E-state index contributed by atoms with van der Waals surface area (Å²) in [5.41, 5.74) is 2.54. The van der Waals surface area contributed by atoms with Gasteiger partial charge in [0.25, 0.3) is 5.69 Å². The molecule has 7 heteroatoms. The van der Waals surface area contributed by atoms with Crippen molar-refractivity contribution < 1.29 is 14.5 Å². The minimum absolute atomic E-state index is 0.175. The van der Waals surface area contributed by atoms with Crippen LogP contribution < -0.4 is 4.90 Å². The van der Waals surface area contributed by atoms with E-state index in [1.165, 1.54) is 0 Å². The number of rotatable bonds is 6. The third kappa shape index (κ3) is 4.62. The lowest BCUT2D eigenvalue weighted by Gasteiger charge is -2.36. The Kier molecular flexibility index (Phi) is 6.03. The van der Waals surface area contributed by atoms with Crippen molar-refractivity contribution in [3.05, 3.63) is 69.8 Å². The quantitative estimate of drug-likeness (QED) is 0.442. The normalized spacial score (nSPS) is 14.8. The third-order valence-corrected chi connectivity index (χ3v) is 4.70. The molecule has 0 aromatic heterocycles. The monoisotopic (exact) mass is 369 g/mol. The minimum Gasteiger partial charge on any atom is -0.462 e. The molecule has 7 nitrogen and oxygen atoms in total. The molecule has 0 spiro atoms. The number of nitro groups is 1. The zero-order valence-electron chi connectivity index (χ0n) is 15.3. The maximum absolute atomic E-state index is 11.7. The Morgan fingerprint density at radius 1 is 1.07 bits per heavy atom. The largest absolute Gasteiger partial charge is 0.462 e. The topological polar surface area (TPSA) is 75.9 Å². The zero-order valence-corrected chi connectivity index (χ0v) is 15.3. The van der Waals surface area contributed by atoms with Gasteiger partial charge in [0, 0.05) is 50.0 Å². The fourth-order valence-corrected chi connectivity index (χ4v) is 3.25. The highest BCUT2D eigenvalue weighted by molar-refractivity contribution is 5.89. The van der Waals surface area contributed by atoms with Crippen LogP contribution in [0.2, 0.25) is 0 Å². The second kappa shape index (κ2) is 8.64. The highest BCUT2D eigenvalue weighted by atomic mass is 16.6. The molecule has 1 heterocycles. The summed E-state index contributed by atoms with van der Waals surface area (Å²) in [5.74, 6) is -0.307. The lowest BCUT2D eigenvalue weighted by Crippen LogP contribution is -2.46. The predicted molar refractivity (Wildman–Crippen MR) is 103 cm³/mol. The molecule has 0 saturated carbocycles. The summed E-state index contributed by atoms with van der Waals surface area (Å²) in [7, 11) is 0. The van der Waals surface area contributed by atoms with Gasteiger partial charge in [-0.25, -0.2) is 4.79 Å². The SMILES string of the molecule is CCOC(=O)c1ccc(N2CCN(Cc3ccccc3[N+](=O)[O-])CC2)cc1. The van der Waals surface area contributed by atoms with Crippen LogP contribution in [-0.2, 0) is 11.3 Å². The minimum atomic E-state index is -0.323. The number of ether oxygens (including phenoxy) is 1. The van der Waals surface area contributed by atoms with E-state index in [0.717, 1.165) is 37.4 Å².